The number of para-hydroxylation sites is 1. The van der Waals surface area contributed by atoms with E-state index >= 15 is 0 Å². The van der Waals surface area contributed by atoms with Gasteiger partial charge in [-0.3, -0.25) is 9.78 Å². The van der Waals surface area contributed by atoms with Crippen LogP contribution in [0.15, 0.2) is 67.0 Å². The third-order valence-corrected chi connectivity index (χ3v) is 4.25. The Morgan fingerprint density at radius 3 is 2.81 bits per heavy atom. The molecule has 0 saturated heterocycles. The lowest BCUT2D eigenvalue weighted by Gasteiger charge is -2.05. The van der Waals surface area contributed by atoms with E-state index in [9.17, 15) is 4.79 Å². The van der Waals surface area contributed by atoms with Crippen molar-refractivity contribution in [2.45, 2.75) is 13.3 Å². The van der Waals surface area contributed by atoms with Gasteiger partial charge in [0, 0.05) is 11.9 Å². The minimum Gasteiger partial charge on any atom is -0.326 e. The molecule has 4 rings (SSSR count). The molecule has 0 spiro atoms. The van der Waals surface area contributed by atoms with E-state index < -0.39 is 0 Å². The molecule has 0 radical (unpaired) electrons. The van der Waals surface area contributed by atoms with Gasteiger partial charge in [-0.05, 0) is 48.4 Å². The van der Waals surface area contributed by atoms with Crippen molar-refractivity contribution in [3.63, 3.8) is 0 Å². The predicted molar refractivity (Wildman–Crippen MR) is 107 cm³/mol. The number of anilines is 3. The maximum absolute atomic E-state index is 12.2. The van der Waals surface area contributed by atoms with E-state index in [1.54, 1.807) is 18.5 Å². The smallest absolute Gasteiger partial charge is 0.228 e. The number of nitrogens with one attached hydrogen (secondary N) is 3. The number of imidazole rings is 1. The lowest BCUT2D eigenvalue weighted by atomic mass is 10.1. The van der Waals surface area contributed by atoms with Crippen molar-refractivity contribution < 1.29 is 4.79 Å². The van der Waals surface area contributed by atoms with Crippen molar-refractivity contribution in [2.24, 2.45) is 0 Å². The van der Waals surface area contributed by atoms with Crippen LogP contribution < -0.4 is 10.6 Å². The molecule has 0 atom stereocenters. The van der Waals surface area contributed by atoms with Crippen LogP contribution in [0.5, 0.6) is 0 Å². The number of hydrogen-bond donors (Lipinski definition) is 3. The number of hydrogen-bond acceptors (Lipinski definition) is 4. The molecule has 6 nitrogen and oxygen atoms in total. The van der Waals surface area contributed by atoms with Crippen molar-refractivity contribution in [1.82, 2.24) is 15.0 Å². The first-order chi connectivity index (χ1) is 13.2. The highest BCUT2D eigenvalue weighted by Gasteiger charge is 2.08. The van der Waals surface area contributed by atoms with Gasteiger partial charge in [-0.2, -0.15) is 0 Å². The van der Waals surface area contributed by atoms with Crippen LogP contribution in [0.3, 0.4) is 0 Å². The number of carbonyl (C=O) groups excluding carboxylic acids is 1. The molecule has 1 amide bonds. The Hall–Kier alpha value is -3.67. The normalized spacial score (nSPS) is 10.7. The Morgan fingerprint density at radius 2 is 2.00 bits per heavy atom. The quantitative estimate of drug-likeness (QED) is 0.500. The molecule has 0 aliphatic heterocycles. The van der Waals surface area contributed by atoms with Crippen LogP contribution in [0.2, 0.25) is 0 Å². The maximum atomic E-state index is 12.2. The van der Waals surface area contributed by atoms with E-state index in [1.807, 2.05) is 55.5 Å². The third-order valence-electron chi connectivity index (χ3n) is 4.25. The summed E-state index contributed by atoms with van der Waals surface area (Å²) in [7, 11) is 0. The van der Waals surface area contributed by atoms with Gasteiger partial charge in [0.05, 0.1) is 29.3 Å². The molecule has 0 aliphatic rings. The zero-order chi connectivity index (χ0) is 18.6. The van der Waals surface area contributed by atoms with Gasteiger partial charge in [-0.25, -0.2) is 4.98 Å². The van der Waals surface area contributed by atoms with Gasteiger partial charge in [0.15, 0.2) is 0 Å². The molecule has 2 aromatic heterocycles. The van der Waals surface area contributed by atoms with Crippen LogP contribution in [-0.2, 0) is 11.2 Å². The van der Waals surface area contributed by atoms with Crippen LogP contribution in [0.4, 0.5) is 17.3 Å². The summed E-state index contributed by atoms with van der Waals surface area (Å²) in [6, 6.07) is 17.4. The van der Waals surface area contributed by atoms with Gasteiger partial charge in [0.25, 0.3) is 0 Å². The minimum atomic E-state index is -0.0832. The largest absolute Gasteiger partial charge is 0.326 e. The molecular formula is C21H19N5O. The molecule has 6 heteroatoms. The number of carbonyl (C=O) groups is 1. The molecule has 0 bridgehead atoms. The highest BCUT2D eigenvalue weighted by Crippen LogP contribution is 2.22. The second-order valence-corrected chi connectivity index (χ2v) is 6.34. The summed E-state index contributed by atoms with van der Waals surface area (Å²) >= 11 is 0. The number of amides is 1. The van der Waals surface area contributed by atoms with Crippen LogP contribution in [-0.4, -0.2) is 20.9 Å². The zero-order valence-corrected chi connectivity index (χ0v) is 14.9. The fourth-order valence-corrected chi connectivity index (χ4v) is 2.89. The molecule has 0 saturated carbocycles. The molecule has 0 unspecified atom stereocenters. The molecular weight excluding hydrogens is 338 g/mol. The van der Waals surface area contributed by atoms with E-state index in [1.165, 1.54) is 0 Å². The average molecular weight is 357 g/mol. The summed E-state index contributed by atoms with van der Waals surface area (Å²) < 4.78 is 0. The molecule has 0 aliphatic carbocycles. The van der Waals surface area contributed by atoms with Gasteiger partial charge < -0.3 is 15.6 Å². The maximum Gasteiger partial charge on any atom is 0.228 e. The number of aromatic amines is 1. The van der Waals surface area contributed by atoms with E-state index in [4.69, 9.17) is 0 Å². The lowest BCUT2D eigenvalue weighted by molar-refractivity contribution is -0.115. The fourth-order valence-electron chi connectivity index (χ4n) is 2.89. The number of aryl methyl sites for hydroxylation is 1. The number of pyridine rings is 1. The molecule has 27 heavy (non-hydrogen) atoms. The van der Waals surface area contributed by atoms with Gasteiger partial charge in [0.2, 0.25) is 11.9 Å². The summed E-state index contributed by atoms with van der Waals surface area (Å²) in [6.07, 6.45) is 3.58. The second kappa shape index (κ2) is 7.29. The third kappa shape index (κ3) is 3.95. The van der Waals surface area contributed by atoms with Crippen molar-refractivity contribution in [3.8, 4) is 0 Å². The first kappa shape index (κ1) is 16.8. The predicted octanol–water partition coefficient (Wildman–Crippen LogP) is 4.19. The summed E-state index contributed by atoms with van der Waals surface area (Å²) in [4.78, 5) is 24.1. The second-order valence-electron chi connectivity index (χ2n) is 6.34. The first-order valence-corrected chi connectivity index (χ1v) is 8.68. The molecule has 2 heterocycles. The SMILES string of the molecule is Cc1ccccc1Nc1nc2ccc(CC(=O)Nc3cccnc3)cc2[nH]1. The monoisotopic (exact) mass is 357 g/mol. The van der Waals surface area contributed by atoms with Gasteiger partial charge in [-0.15, -0.1) is 0 Å². The number of aromatic nitrogens is 3. The number of benzene rings is 2. The van der Waals surface area contributed by atoms with Crippen LogP contribution in [0, 0.1) is 6.92 Å². The summed E-state index contributed by atoms with van der Waals surface area (Å²) in [5.74, 6) is 0.594. The molecule has 134 valence electrons. The summed E-state index contributed by atoms with van der Waals surface area (Å²) in [6.45, 7) is 2.05. The Morgan fingerprint density at radius 1 is 1.11 bits per heavy atom. The van der Waals surface area contributed by atoms with E-state index in [2.05, 4.69) is 25.6 Å². The average Bonchev–Trinajstić information content (AvgIpc) is 3.06. The van der Waals surface area contributed by atoms with Crippen LogP contribution in [0.25, 0.3) is 11.0 Å². The Bertz CT molecular complexity index is 1090. The Kier molecular flexibility index (Phi) is 4.53. The van der Waals surface area contributed by atoms with Crippen molar-refractivity contribution in [1.29, 1.82) is 0 Å². The first-order valence-electron chi connectivity index (χ1n) is 8.68. The van der Waals surface area contributed by atoms with Crippen LogP contribution in [0.1, 0.15) is 11.1 Å². The topological polar surface area (TPSA) is 82.7 Å². The van der Waals surface area contributed by atoms with E-state index in [-0.39, 0.29) is 12.3 Å². The zero-order valence-electron chi connectivity index (χ0n) is 14.9. The van der Waals surface area contributed by atoms with Crippen molar-refractivity contribution >= 4 is 34.3 Å². The summed E-state index contributed by atoms with van der Waals surface area (Å²) in [5, 5.41) is 6.14. The molecule has 0 fully saturated rings. The fraction of sp³-hybridized carbons (Fsp3) is 0.0952. The van der Waals surface area contributed by atoms with Crippen LogP contribution >= 0.6 is 0 Å². The van der Waals surface area contributed by atoms with Crippen molar-refractivity contribution in [3.05, 3.63) is 78.1 Å². The van der Waals surface area contributed by atoms with E-state index in [0.29, 0.717) is 11.6 Å². The number of rotatable bonds is 5. The highest BCUT2D eigenvalue weighted by molar-refractivity contribution is 5.92. The standard InChI is InChI=1S/C21H19N5O/c1-14-5-2-3-7-17(14)24-21-25-18-9-8-15(11-19(18)26-21)12-20(27)23-16-6-4-10-22-13-16/h2-11,13H,12H2,1H3,(H,23,27)(H2,24,25,26). The highest BCUT2D eigenvalue weighted by atomic mass is 16.1. The van der Waals surface area contributed by atoms with Gasteiger partial charge in [0.1, 0.15) is 0 Å². The Balaban J connectivity index is 1.49. The van der Waals surface area contributed by atoms with Gasteiger partial charge >= 0.3 is 0 Å². The number of nitrogens with zero attached hydrogens (tertiary/aromatic N) is 2. The van der Waals surface area contributed by atoms with Crippen molar-refractivity contribution in [2.75, 3.05) is 10.6 Å². The summed E-state index contributed by atoms with van der Waals surface area (Å²) in [5.41, 5.74) is 5.49. The molecule has 2 aromatic carbocycles. The lowest BCUT2D eigenvalue weighted by Crippen LogP contribution is -2.14. The van der Waals surface area contributed by atoms with Gasteiger partial charge in [-0.1, -0.05) is 24.3 Å². The molecule has 4 aromatic rings. The number of H-pyrrole nitrogens is 1. The minimum absolute atomic E-state index is 0.0832. The number of fused-ring (bicyclic) bond motifs is 1. The Labute approximate surface area is 156 Å². The molecule has 3 N–H and O–H groups in total. The van der Waals surface area contributed by atoms with E-state index in [0.717, 1.165) is 27.8 Å².